The number of nitrogens with one attached hydrogen (secondary N) is 1. The number of methoxy groups -OCH3 is 1. The lowest BCUT2D eigenvalue weighted by molar-refractivity contribution is -0.139. The van der Waals surface area contributed by atoms with E-state index in [2.05, 4.69) is 43.0 Å². The first-order valence-electron chi connectivity index (χ1n) is 11.0. The van der Waals surface area contributed by atoms with Gasteiger partial charge in [0, 0.05) is 29.2 Å². The number of carbonyl (C=O) groups is 1. The largest absolute Gasteiger partial charge is 0.469 e. The van der Waals surface area contributed by atoms with Crippen LogP contribution < -0.4 is 5.32 Å². The molecule has 178 valence electrons. The number of hydrogen-bond donors (Lipinski definition) is 2. The molecule has 0 saturated carbocycles. The summed E-state index contributed by atoms with van der Waals surface area (Å²) in [5.74, 6) is -0.234. The molecule has 33 heavy (non-hydrogen) atoms. The molecule has 0 radical (unpaired) electrons. The summed E-state index contributed by atoms with van der Waals surface area (Å²) in [4.78, 5) is 12.1. The number of ether oxygens (including phenoxy) is 1. The van der Waals surface area contributed by atoms with Gasteiger partial charge in [-0.25, -0.2) is 0 Å². The number of benzene rings is 2. The van der Waals surface area contributed by atoms with Crippen molar-refractivity contribution >= 4 is 34.2 Å². The van der Waals surface area contributed by atoms with E-state index in [9.17, 15) is 4.79 Å². The summed E-state index contributed by atoms with van der Waals surface area (Å²) in [5, 5.41) is 13.9. The quantitative estimate of drug-likeness (QED) is 0.348. The number of esters is 1. The van der Waals surface area contributed by atoms with Crippen LogP contribution >= 0.6 is 11.6 Å². The standard InChI is InChI=1S/C21H21ClN2O2.C4H10O.C2H4/c1-12-10-17-19(14-4-6-15(22)7-5-14)16(11-18(25)26-3)13(2)20-21(17)24(12)9-8-23-20;1-4(2,3)5;1-2/h4-7,10,23H,8-9,11H2,1-3H3;5H,1-3H3;1-2H2. The highest BCUT2D eigenvalue weighted by Crippen LogP contribution is 2.43. The third-order valence-electron chi connectivity index (χ3n) is 5.26. The van der Waals surface area contributed by atoms with Gasteiger partial charge in [-0.05, 0) is 75.1 Å². The maximum absolute atomic E-state index is 12.1. The molecule has 4 rings (SSSR count). The number of hydrogen-bond acceptors (Lipinski definition) is 4. The molecular weight excluding hydrogens is 436 g/mol. The second-order valence-electron chi connectivity index (χ2n) is 8.91. The molecule has 0 bridgehead atoms. The Balaban J connectivity index is 0.000000489. The van der Waals surface area contributed by atoms with E-state index in [1.807, 2.05) is 24.3 Å². The maximum Gasteiger partial charge on any atom is 0.310 e. The van der Waals surface area contributed by atoms with Gasteiger partial charge in [0.15, 0.2) is 0 Å². The van der Waals surface area contributed by atoms with Crippen LogP contribution in [0.4, 0.5) is 5.69 Å². The van der Waals surface area contributed by atoms with Crippen LogP contribution in [0.3, 0.4) is 0 Å². The van der Waals surface area contributed by atoms with E-state index in [4.69, 9.17) is 21.4 Å². The average Bonchev–Trinajstić information content (AvgIpc) is 3.10. The third-order valence-corrected chi connectivity index (χ3v) is 5.51. The van der Waals surface area contributed by atoms with Gasteiger partial charge in [0.2, 0.25) is 0 Å². The fourth-order valence-electron chi connectivity index (χ4n) is 4.00. The van der Waals surface area contributed by atoms with Crippen LogP contribution in [0, 0.1) is 13.8 Å². The van der Waals surface area contributed by atoms with Crippen LogP contribution in [-0.2, 0) is 22.5 Å². The van der Waals surface area contributed by atoms with Gasteiger partial charge in [0.05, 0.1) is 30.3 Å². The van der Waals surface area contributed by atoms with E-state index in [0.29, 0.717) is 5.02 Å². The minimum atomic E-state index is -0.500. The van der Waals surface area contributed by atoms with Crippen LogP contribution in [0.15, 0.2) is 43.5 Å². The van der Waals surface area contributed by atoms with E-state index in [0.717, 1.165) is 46.4 Å². The number of aliphatic hydroxyl groups is 1. The monoisotopic (exact) mass is 470 g/mol. The summed E-state index contributed by atoms with van der Waals surface area (Å²) in [5.41, 5.74) is 7.33. The average molecular weight is 471 g/mol. The molecular formula is C27H35ClN2O3. The van der Waals surface area contributed by atoms with Gasteiger partial charge >= 0.3 is 5.97 Å². The Bertz CT molecular complexity index is 1120. The lowest BCUT2D eigenvalue weighted by Gasteiger charge is -2.25. The van der Waals surface area contributed by atoms with Crippen LogP contribution in [0.5, 0.6) is 0 Å². The zero-order chi connectivity index (χ0) is 24.9. The summed E-state index contributed by atoms with van der Waals surface area (Å²) < 4.78 is 7.32. The highest BCUT2D eigenvalue weighted by molar-refractivity contribution is 6.30. The van der Waals surface area contributed by atoms with Crippen molar-refractivity contribution in [3.8, 4) is 11.1 Å². The molecule has 3 aromatic rings. The summed E-state index contributed by atoms with van der Waals surface area (Å²) in [7, 11) is 1.43. The summed E-state index contributed by atoms with van der Waals surface area (Å²) in [6.45, 7) is 17.3. The highest BCUT2D eigenvalue weighted by Gasteiger charge is 2.25. The lowest BCUT2D eigenvalue weighted by atomic mass is 9.89. The van der Waals surface area contributed by atoms with Gasteiger partial charge in [0.25, 0.3) is 0 Å². The van der Waals surface area contributed by atoms with Crippen LogP contribution in [0.2, 0.25) is 5.02 Å². The predicted octanol–water partition coefficient (Wildman–Crippen LogP) is 6.30. The Hall–Kier alpha value is -2.76. The molecule has 0 spiro atoms. The number of nitrogens with zero attached hydrogens (tertiary/aromatic N) is 1. The molecule has 1 aromatic heterocycles. The van der Waals surface area contributed by atoms with E-state index >= 15 is 0 Å². The van der Waals surface area contributed by atoms with E-state index in [-0.39, 0.29) is 12.4 Å². The van der Waals surface area contributed by atoms with Crippen molar-refractivity contribution in [2.24, 2.45) is 0 Å². The van der Waals surface area contributed by atoms with Crippen molar-refractivity contribution in [1.29, 1.82) is 0 Å². The van der Waals surface area contributed by atoms with Crippen molar-refractivity contribution in [3.63, 3.8) is 0 Å². The second kappa shape index (κ2) is 10.9. The maximum atomic E-state index is 12.1. The highest BCUT2D eigenvalue weighted by atomic mass is 35.5. The number of halogens is 1. The Morgan fingerprint density at radius 1 is 1.21 bits per heavy atom. The normalized spacial score (nSPS) is 12.1. The molecule has 1 aliphatic heterocycles. The number of carbonyl (C=O) groups excluding carboxylic acids is 1. The van der Waals surface area contributed by atoms with Crippen molar-refractivity contribution in [2.75, 3.05) is 19.0 Å². The second-order valence-corrected chi connectivity index (χ2v) is 9.35. The SMILES string of the molecule is C=C.CC(C)(C)O.COC(=O)Cc1c(C)c2c3c(cc(C)n3CCN2)c1-c1ccc(Cl)cc1. The van der Waals surface area contributed by atoms with Crippen molar-refractivity contribution in [3.05, 3.63) is 65.3 Å². The Morgan fingerprint density at radius 2 is 1.79 bits per heavy atom. The van der Waals surface area contributed by atoms with E-state index in [1.54, 1.807) is 20.8 Å². The molecule has 1 aliphatic rings. The van der Waals surface area contributed by atoms with Gasteiger partial charge in [-0.3, -0.25) is 4.79 Å². The molecule has 0 saturated heterocycles. The first kappa shape index (κ1) is 26.5. The van der Waals surface area contributed by atoms with E-state index < -0.39 is 5.60 Å². The summed E-state index contributed by atoms with van der Waals surface area (Å²) in [6.07, 6.45) is 0.245. The molecule has 0 atom stereocenters. The fraction of sp³-hybridized carbons (Fsp3) is 0.370. The molecule has 2 N–H and O–H groups in total. The van der Waals surface area contributed by atoms with Gasteiger partial charge in [-0.1, -0.05) is 23.7 Å². The molecule has 0 unspecified atom stereocenters. The first-order chi connectivity index (χ1) is 15.5. The molecule has 5 nitrogen and oxygen atoms in total. The van der Waals surface area contributed by atoms with Crippen LogP contribution in [0.1, 0.15) is 37.6 Å². The smallest absolute Gasteiger partial charge is 0.310 e. The molecule has 0 amide bonds. The summed E-state index contributed by atoms with van der Waals surface area (Å²) >= 11 is 6.09. The lowest BCUT2D eigenvalue weighted by Crippen LogP contribution is -2.19. The van der Waals surface area contributed by atoms with Crippen molar-refractivity contribution in [1.82, 2.24) is 4.57 Å². The van der Waals surface area contributed by atoms with Crippen LogP contribution in [-0.4, -0.2) is 34.9 Å². The minimum absolute atomic E-state index is 0.234. The van der Waals surface area contributed by atoms with Crippen molar-refractivity contribution < 1.29 is 14.6 Å². The van der Waals surface area contributed by atoms with Crippen LogP contribution in [0.25, 0.3) is 22.0 Å². The Labute approximate surface area is 202 Å². The van der Waals surface area contributed by atoms with Gasteiger partial charge in [-0.2, -0.15) is 0 Å². The molecule has 2 aromatic carbocycles. The van der Waals surface area contributed by atoms with Gasteiger partial charge < -0.3 is 19.7 Å². The van der Waals surface area contributed by atoms with Crippen molar-refractivity contribution in [2.45, 2.75) is 53.2 Å². The van der Waals surface area contributed by atoms with Gasteiger partial charge in [0.1, 0.15) is 0 Å². The first-order valence-corrected chi connectivity index (χ1v) is 11.3. The zero-order valence-electron chi connectivity index (χ0n) is 20.5. The number of anilines is 1. The van der Waals surface area contributed by atoms with E-state index in [1.165, 1.54) is 18.3 Å². The topological polar surface area (TPSA) is 63.5 Å². The summed E-state index contributed by atoms with van der Waals surface area (Å²) in [6, 6.07) is 10.0. The third kappa shape index (κ3) is 6.18. The number of aryl methyl sites for hydroxylation is 1. The molecule has 2 heterocycles. The number of aromatic nitrogens is 1. The zero-order valence-corrected chi connectivity index (χ0v) is 21.3. The number of rotatable bonds is 3. The molecule has 0 fully saturated rings. The fourth-order valence-corrected chi connectivity index (χ4v) is 4.12. The molecule has 0 aliphatic carbocycles. The van der Waals surface area contributed by atoms with Gasteiger partial charge in [-0.15, -0.1) is 13.2 Å². The Kier molecular flexibility index (Phi) is 8.76. The Morgan fingerprint density at radius 3 is 2.33 bits per heavy atom. The minimum Gasteiger partial charge on any atom is -0.469 e. The predicted molar refractivity (Wildman–Crippen MR) is 139 cm³/mol. The molecule has 6 heteroatoms.